The normalized spacial score (nSPS) is 11.1. The van der Waals surface area contributed by atoms with Gasteiger partial charge in [-0.1, -0.05) is 6.08 Å². The van der Waals surface area contributed by atoms with Crippen molar-refractivity contribution in [2.75, 3.05) is 16.6 Å². The standard InChI is InChI=1S/C16H20N4O3S/c1-4-11-17-15-9-10-16(19-18-15)20-24(21,22)14-7-5-13(6-8-14)23-12(2)3/h4-10,12H,1,11H2,2-3H3,(H,17,18)(H,19,20). The summed E-state index contributed by atoms with van der Waals surface area (Å²) in [5.74, 6) is 1.29. The number of sulfonamides is 1. The third kappa shape index (κ3) is 4.95. The zero-order valence-electron chi connectivity index (χ0n) is 13.6. The highest BCUT2D eigenvalue weighted by Crippen LogP contribution is 2.19. The molecule has 0 unspecified atom stereocenters. The zero-order chi connectivity index (χ0) is 17.6. The second-order valence-electron chi connectivity index (χ2n) is 5.22. The van der Waals surface area contributed by atoms with Gasteiger partial charge in [-0.15, -0.1) is 16.8 Å². The van der Waals surface area contributed by atoms with Crippen LogP contribution in [0.3, 0.4) is 0 Å². The highest BCUT2D eigenvalue weighted by Gasteiger charge is 2.15. The number of rotatable bonds is 8. The summed E-state index contributed by atoms with van der Waals surface area (Å²) in [5.41, 5.74) is 0. The van der Waals surface area contributed by atoms with Gasteiger partial charge < -0.3 is 10.1 Å². The van der Waals surface area contributed by atoms with Crippen molar-refractivity contribution in [3.63, 3.8) is 0 Å². The van der Waals surface area contributed by atoms with Crippen LogP contribution >= 0.6 is 0 Å². The molecule has 0 aliphatic rings. The van der Waals surface area contributed by atoms with Crippen molar-refractivity contribution in [1.82, 2.24) is 10.2 Å². The summed E-state index contributed by atoms with van der Waals surface area (Å²) < 4.78 is 32.6. The number of hydrogen-bond acceptors (Lipinski definition) is 6. The van der Waals surface area contributed by atoms with Crippen LogP contribution < -0.4 is 14.8 Å². The van der Waals surface area contributed by atoms with Crippen LogP contribution in [0.1, 0.15) is 13.8 Å². The van der Waals surface area contributed by atoms with Crippen LogP contribution in [-0.2, 0) is 10.0 Å². The summed E-state index contributed by atoms with van der Waals surface area (Å²) >= 11 is 0. The Bertz CT molecular complexity index is 772. The van der Waals surface area contributed by atoms with E-state index < -0.39 is 10.0 Å². The predicted molar refractivity (Wildman–Crippen MR) is 93.7 cm³/mol. The minimum atomic E-state index is -3.73. The van der Waals surface area contributed by atoms with E-state index in [0.717, 1.165) is 0 Å². The molecule has 0 radical (unpaired) electrons. The maximum absolute atomic E-state index is 12.3. The fraction of sp³-hybridized carbons (Fsp3) is 0.250. The topological polar surface area (TPSA) is 93.2 Å². The number of hydrogen-bond donors (Lipinski definition) is 2. The van der Waals surface area contributed by atoms with E-state index in [9.17, 15) is 8.42 Å². The Labute approximate surface area is 141 Å². The van der Waals surface area contributed by atoms with Gasteiger partial charge in [0.05, 0.1) is 11.0 Å². The first-order chi connectivity index (χ1) is 11.4. The molecular weight excluding hydrogens is 328 g/mol. The Balaban J connectivity index is 2.08. The van der Waals surface area contributed by atoms with Gasteiger partial charge in [0.1, 0.15) is 11.6 Å². The first-order valence-electron chi connectivity index (χ1n) is 7.39. The lowest BCUT2D eigenvalue weighted by atomic mass is 10.3. The van der Waals surface area contributed by atoms with Crippen LogP contribution in [0.2, 0.25) is 0 Å². The number of anilines is 2. The van der Waals surface area contributed by atoms with E-state index in [-0.39, 0.29) is 16.8 Å². The molecule has 1 heterocycles. The minimum absolute atomic E-state index is 0.0223. The Morgan fingerprint density at radius 2 is 1.75 bits per heavy atom. The molecule has 1 aromatic heterocycles. The zero-order valence-corrected chi connectivity index (χ0v) is 14.4. The van der Waals surface area contributed by atoms with Gasteiger partial charge in [-0.05, 0) is 50.2 Å². The molecule has 0 amide bonds. The second-order valence-corrected chi connectivity index (χ2v) is 6.90. The minimum Gasteiger partial charge on any atom is -0.491 e. The van der Waals surface area contributed by atoms with Crippen LogP contribution in [0, 0.1) is 0 Å². The Morgan fingerprint density at radius 1 is 1.12 bits per heavy atom. The molecule has 0 saturated carbocycles. The van der Waals surface area contributed by atoms with Gasteiger partial charge in [0, 0.05) is 6.54 Å². The molecule has 0 bridgehead atoms. The van der Waals surface area contributed by atoms with Crippen LogP contribution in [-0.4, -0.2) is 31.3 Å². The number of nitrogens with zero attached hydrogens (tertiary/aromatic N) is 2. The Morgan fingerprint density at radius 3 is 2.29 bits per heavy atom. The number of benzene rings is 1. The summed E-state index contributed by atoms with van der Waals surface area (Å²) in [4.78, 5) is 0.120. The van der Waals surface area contributed by atoms with Crippen molar-refractivity contribution in [2.24, 2.45) is 0 Å². The summed E-state index contributed by atoms with van der Waals surface area (Å²) in [6.07, 6.45) is 1.71. The average Bonchev–Trinajstić information content (AvgIpc) is 2.54. The average molecular weight is 348 g/mol. The van der Waals surface area contributed by atoms with E-state index in [2.05, 4.69) is 26.8 Å². The van der Waals surface area contributed by atoms with E-state index in [1.807, 2.05) is 13.8 Å². The largest absolute Gasteiger partial charge is 0.491 e. The fourth-order valence-electron chi connectivity index (χ4n) is 1.82. The lowest BCUT2D eigenvalue weighted by molar-refractivity contribution is 0.242. The molecule has 128 valence electrons. The van der Waals surface area contributed by atoms with Gasteiger partial charge in [-0.2, -0.15) is 0 Å². The Kier molecular flexibility index (Phi) is 5.75. The SMILES string of the molecule is C=CCNc1ccc(NS(=O)(=O)c2ccc(OC(C)C)cc2)nn1. The molecule has 0 fully saturated rings. The summed E-state index contributed by atoms with van der Waals surface area (Å²) in [7, 11) is -3.73. The first-order valence-corrected chi connectivity index (χ1v) is 8.87. The molecule has 8 heteroatoms. The highest BCUT2D eigenvalue weighted by molar-refractivity contribution is 7.92. The molecule has 1 aromatic carbocycles. The molecule has 0 atom stereocenters. The summed E-state index contributed by atoms with van der Waals surface area (Å²) in [5, 5.41) is 10.7. The summed E-state index contributed by atoms with van der Waals surface area (Å²) in [6, 6.07) is 9.35. The monoisotopic (exact) mass is 348 g/mol. The van der Waals surface area contributed by atoms with Crippen molar-refractivity contribution >= 4 is 21.7 Å². The second kappa shape index (κ2) is 7.78. The smallest absolute Gasteiger partial charge is 0.263 e. The van der Waals surface area contributed by atoms with Crippen molar-refractivity contribution in [1.29, 1.82) is 0 Å². The molecule has 0 aliphatic heterocycles. The van der Waals surface area contributed by atoms with Crippen LogP contribution in [0.5, 0.6) is 5.75 Å². The lowest BCUT2D eigenvalue weighted by Gasteiger charge is -2.11. The Hall–Kier alpha value is -2.61. The van der Waals surface area contributed by atoms with Crippen molar-refractivity contribution < 1.29 is 13.2 Å². The van der Waals surface area contributed by atoms with E-state index in [1.54, 1.807) is 24.3 Å². The molecule has 7 nitrogen and oxygen atoms in total. The summed E-state index contributed by atoms with van der Waals surface area (Å²) in [6.45, 7) is 7.93. The van der Waals surface area contributed by atoms with Crippen LogP contribution in [0.25, 0.3) is 0 Å². The van der Waals surface area contributed by atoms with Gasteiger partial charge in [0.25, 0.3) is 10.0 Å². The fourth-order valence-corrected chi connectivity index (χ4v) is 2.82. The van der Waals surface area contributed by atoms with E-state index in [4.69, 9.17) is 4.74 Å². The molecule has 0 saturated heterocycles. The predicted octanol–water partition coefficient (Wildman–Crippen LogP) is 2.66. The van der Waals surface area contributed by atoms with Crippen molar-refractivity contribution in [3.05, 3.63) is 49.1 Å². The highest BCUT2D eigenvalue weighted by atomic mass is 32.2. The first kappa shape index (κ1) is 17.7. The molecule has 2 aromatic rings. The van der Waals surface area contributed by atoms with Gasteiger partial charge in [-0.3, -0.25) is 4.72 Å². The third-order valence-electron chi connectivity index (χ3n) is 2.84. The van der Waals surface area contributed by atoms with Gasteiger partial charge in [-0.25, -0.2) is 8.42 Å². The maximum atomic E-state index is 12.3. The van der Waals surface area contributed by atoms with Gasteiger partial charge in [0.15, 0.2) is 5.82 Å². The van der Waals surface area contributed by atoms with Gasteiger partial charge >= 0.3 is 0 Å². The van der Waals surface area contributed by atoms with Gasteiger partial charge in [0.2, 0.25) is 0 Å². The van der Waals surface area contributed by atoms with E-state index in [0.29, 0.717) is 18.1 Å². The van der Waals surface area contributed by atoms with Crippen molar-refractivity contribution in [3.8, 4) is 5.75 Å². The van der Waals surface area contributed by atoms with Crippen LogP contribution in [0.15, 0.2) is 53.9 Å². The number of aromatic nitrogens is 2. The molecule has 0 aliphatic carbocycles. The van der Waals surface area contributed by atoms with Crippen LogP contribution in [0.4, 0.5) is 11.6 Å². The number of ether oxygens (including phenoxy) is 1. The molecule has 0 spiro atoms. The van der Waals surface area contributed by atoms with E-state index in [1.165, 1.54) is 18.2 Å². The molecule has 2 rings (SSSR count). The molecule has 24 heavy (non-hydrogen) atoms. The molecule has 2 N–H and O–H groups in total. The molecular formula is C16H20N4O3S. The maximum Gasteiger partial charge on any atom is 0.263 e. The third-order valence-corrected chi connectivity index (χ3v) is 4.21. The van der Waals surface area contributed by atoms with Crippen molar-refractivity contribution in [2.45, 2.75) is 24.8 Å². The lowest BCUT2D eigenvalue weighted by Crippen LogP contribution is -2.14. The number of nitrogens with one attached hydrogen (secondary N) is 2. The quantitative estimate of drug-likeness (QED) is 0.713. The van der Waals surface area contributed by atoms with E-state index >= 15 is 0 Å².